The summed E-state index contributed by atoms with van der Waals surface area (Å²) in [6, 6.07) is 32.6. The van der Waals surface area contributed by atoms with E-state index in [4.69, 9.17) is 32.7 Å². The lowest BCUT2D eigenvalue weighted by Crippen LogP contribution is -2.54. The van der Waals surface area contributed by atoms with E-state index < -0.39 is 17.8 Å². The van der Waals surface area contributed by atoms with E-state index in [0.717, 1.165) is 47.5 Å². The maximum atomic E-state index is 14.5. The maximum Gasteiger partial charge on any atom is 0.335 e. The Bertz CT molecular complexity index is 2280. The van der Waals surface area contributed by atoms with Gasteiger partial charge in [-0.05, 0) is 113 Å². The zero-order chi connectivity index (χ0) is 38.2. The van der Waals surface area contributed by atoms with Crippen molar-refractivity contribution in [1.29, 1.82) is 0 Å². The Morgan fingerprint density at radius 2 is 1.45 bits per heavy atom. The summed E-state index contributed by atoms with van der Waals surface area (Å²) in [5, 5.41) is 3.44. The van der Waals surface area contributed by atoms with Crippen molar-refractivity contribution in [2.75, 3.05) is 29.5 Å². The number of imide groups is 2. The van der Waals surface area contributed by atoms with Gasteiger partial charge in [0, 0.05) is 46.2 Å². The molecule has 55 heavy (non-hydrogen) atoms. The normalized spacial score (nSPS) is 18.6. The maximum absolute atomic E-state index is 14.5. The topological polar surface area (TPSA) is 88.2 Å². The van der Waals surface area contributed by atoms with Crippen LogP contribution in [0.15, 0.2) is 109 Å². The fourth-order valence-electron chi connectivity index (χ4n) is 7.89. The van der Waals surface area contributed by atoms with E-state index in [0.29, 0.717) is 43.0 Å². The first-order valence-electron chi connectivity index (χ1n) is 18.2. The molecule has 2 atom stereocenters. The van der Waals surface area contributed by atoms with Gasteiger partial charge in [-0.2, -0.15) is 0 Å². The third-order valence-corrected chi connectivity index (χ3v) is 11.8. The standard InChI is InChI=1S/C44H36Cl2IN3O5/c1-2-54-39-21-26(20-38(47)41(39)55-25-29-13-14-30(45)22-37(29)46)19-36-42(51)48-44(53)50(43(36)52)31-23-34-32(27-9-5-3-6-10-27)15-17-49-18-16-33(35(24-31)40(34)49)28-11-7-4-8-12-28/h3-14,19-24,32-33H,2,15-18,25H2,1H3,(H,48,51,53)/b36-19+/t32-,33-/m0/s1. The van der Waals surface area contributed by atoms with Crippen LogP contribution in [-0.4, -0.2) is 37.5 Å². The lowest BCUT2D eigenvalue weighted by molar-refractivity contribution is -0.122. The molecule has 3 heterocycles. The molecule has 8 nitrogen and oxygen atoms in total. The molecule has 8 rings (SSSR count). The number of carbonyl (C=O) groups is 3. The third-order valence-electron chi connectivity index (χ3n) is 10.4. The third kappa shape index (κ3) is 7.33. The van der Waals surface area contributed by atoms with Crippen LogP contribution in [-0.2, 0) is 16.2 Å². The van der Waals surface area contributed by atoms with Crippen LogP contribution >= 0.6 is 45.8 Å². The Morgan fingerprint density at radius 1 is 0.818 bits per heavy atom. The lowest BCUT2D eigenvalue weighted by atomic mass is 9.76. The zero-order valence-electron chi connectivity index (χ0n) is 29.9. The van der Waals surface area contributed by atoms with Crippen molar-refractivity contribution >= 4 is 81.1 Å². The molecule has 3 aliphatic heterocycles. The van der Waals surface area contributed by atoms with Crippen LogP contribution in [0.25, 0.3) is 6.08 Å². The van der Waals surface area contributed by atoms with Gasteiger partial charge in [-0.15, -0.1) is 0 Å². The van der Waals surface area contributed by atoms with Crippen molar-refractivity contribution in [2.24, 2.45) is 0 Å². The van der Waals surface area contributed by atoms with E-state index in [-0.39, 0.29) is 24.0 Å². The monoisotopic (exact) mass is 883 g/mol. The molecule has 0 spiro atoms. The van der Waals surface area contributed by atoms with Gasteiger partial charge in [0.1, 0.15) is 12.2 Å². The number of hydrogen-bond donors (Lipinski definition) is 1. The predicted octanol–water partition coefficient (Wildman–Crippen LogP) is 10.1. The minimum atomic E-state index is -0.788. The SMILES string of the molecule is CCOc1cc(/C=C2\C(=O)NC(=O)N(c3cc4c5c(c3)[C@H](c3ccccc3)CCN5CC[C@H]4c3ccccc3)C2=O)cc(I)c1OCc1ccc(Cl)cc1Cl. The van der Waals surface area contributed by atoms with E-state index in [1.54, 1.807) is 30.3 Å². The first-order chi connectivity index (χ1) is 26.7. The molecule has 0 aromatic heterocycles. The van der Waals surface area contributed by atoms with Gasteiger partial charge < -0.3 is 14.4 Å². The Morgan fingerprint density at radius 3 is 2.05 bits per heavy atom. The highest BCUT2D eigenvalue weighted by Crippen LogP contribution is 2.50. The highest BCUT2D eigenvalue weighted by atomic mass is 127. The smallest absolute Gasteiger partial charge is 0.335 e. The minimum absolute atomic E-state index is 0.0655. The number of rotatable bonds is 9. The molecule has 0 bridgehead atoms. The number of anilines is 2. The largest absolute Gasteiger partial charge is 0.490 e. The first-order valence-corrected chi connectivity index (χ1v) is 20.0. The number of ether oxygens (including phenoxy) is 2. The van der Waals surface area contributed by atoms with Gasteiger partial charge >= 0.3 is 6.03 Å². The van der Waals surface area contributed by atoms with E-state index in [1.165, 1.54) is 22.9 Å². The molecule has 0 saturated carbocycles. The first kappa shape index (κ1) is 37.1. The van der Waals surface area contributed by atoms with Gasteiger partial charge in [0.2, 0.25) is 0 Å². The van der Waals surface area contributed by atoms with Gasteiger partial charge in [-0.25, -0.2) is 9.69 Å². The van der Waals surface area contributed by atoms with E-state index in [9.17, 15) is 14.4 Å². The van der Waals surface area contributed by atoms with Gasteiger partial charge in [-0.3, -0.25) is 14.9 Å². The average Bonchev–Trinajstić information content (AvgIpc) is 3.18. The van der Waals surface area contributed by atoms with Crippen molar-refractivity contribution in [1.82, 2.24) is 5.32 Å². The molecule has 1 N–H and O–H groups in total. The number of barbiturate groups is 1. The molecular weight excluding hydrogens is 848 g/mol. The minimum Gasteiger partial charge on any atom is -0.490 e. The summed E-state index contributed by atoms with van der Waals surface area (Å²) < 4.78 is 12.8. The van der Waals surface area contributed by atoms with Crippen LogP contribution in [0.5, 0.6) is 11.5 Å². The van der Waals surface area contributed by atoms with Gasteiger partial charge in [-0.1, -0.05) is 89.9 Å². The van der Waals surface area contributed by atoms with Crippen LogP contribution in [0.2, 0.25) is 10.0 Å². The zero-order valence-corrected chi connectivity index (χ0v) is 33.5. The summed E-state index contributed by atoms with van der Waals surface area (Å²) >= 11 is 14.6. The lowest BCUT2D eigenvalue weighted by Gasteiger charge is -2.44. The van der Waals surface area contributed by atoms with Crippen molar-refractivity contribution in [3.8, 4) is 11.5 Å². The summed E-state index contributed by atoms with van der Waals surface area (Å²) in [6.45, 7) is 4.19. The number of nitrogens with zero attached hydrogens (tertiary/aromatic N) is 2. The molecule has 4 amide bonds. The number of benzene rings is 5. The number of urea groups is 1. The fraction of sp³-hybridized carbons (Fsp3) is 0.205. The fourth-order valence-corrected chi connectivity index (χ4v) is 9.13. The van der Waals surface area contributed by atoms with E-state index >= 15 is 0 Å². The number of nitrogens with one attached hydrogen (secondary N) is 1. The number of amides is 4. The van der Waals surface area contributed by atoms with Crippen molar-refractivity contribution in [3.05, 3.63) is 156 Å². The summed E-state index contributed by atoms with van der Waals surface area (Å²) in [5.74, 6) is -0.425. The number of halogens is 3. The van der Waals surface area contributed by atoms with E-state index in [2.05, 4.69) is 57.1 Å². The molecule has 5 aromatic carbocycles. The summed E-state index contributed by atoms with van der Waals surface area (Å²) in [6.07, 6.45) is 3.28. The molecule has 1 saturated heterocycles. The Balaban J connectivity index is 1.18. The highest BCUT2D eigenvalue weighted by Gasteiger charge is 2.40. The highest BCUT2D eigenvalue weighted by molar-refractivity contribution is 14.1. The predicted molar refractivity (Wildman–Crippen MR) is 225 cm³/mol. The second-order valence-electron chi connectivity index (χ2n) is 13.7. The van der Waals surface area contributed by atoms with Gasteiger partial charge in [0.05, 0.1) is 15.9 Å². The number of carbonyl (C=O) groups excluding carboxylic acids is 3. The van der Waals surface area contributed by atoms with Crippen LogP contribution in [0.1, 0.15) is 65.0 Å². The molecule has 11 heteroatoms. The van der Waals surface area contributed by atoms with Gasteiger partial charge in [0.25, 0.3) is 11.8 Å². The Kier molecular flexibility index (Phi) is 10.6. The van der Waals surface area contributed by atoms with Crippen LogP contribution < -0.4 is 24.6 Å². The van der Waals surface area contributed by atoms with Crippen molar-refractivity contribution < 1.29 is 23.9 Å². The van der Waals surface area contributed by atoms with Crippen LogP contribution in [0.4, 0.5) is 16.2 Å². The molecule has 5 aromatic rings. The Labute approximate surface area is 343 Å². The second kappa shape index (κ2) is 15.7. The Hall–Kier alpha value is -4.84. The van der Waals surface area contributed by atoms with Crippen LogP contribution in [0.3, 0.4) is 0 Å². The quantitative estimate of drug-likeness (QED) is 0.0902. The molecule has 3 aliphatic rings. The summed E-state index contributed by atoms with van der Waals surface area (Å²) in [4.78, 5) is 45.1. The van der Waals surface area contributed by atoms with Gasteiger partial charge in [0.15, 0.2) is 11.5 Å². The summed E-state index contributed by atoms with van der Waals surface area (Å²) in [5.41, 5.74) is 7.19. The molecule has 0 aliphatic carbocycles. The summed E-state index contributed by atoms with van der Waals surface area (Å²) in [7, 11) is 0. The van der Waals surface area contributed by atoms with Crippen molar-refractivity contribution in [3.63, 3.8) is 0 Å². The molecular formula is C44H36Cl2IN3O5. The molecule has 0 radical (unpaired) electrons. The molecule has 1 fully saturated rings. The van der Waals surface area contributed by atoms with Crippen LogP contribution in [0, 0.1) is 3.57 Å². The van der Waals surface area contributed by atoms with Crippen molar-refractivity contribution in [2.45, 2.75) is 38.2 Å². The second-order valence-corrected chi connectivity index (χ2v) is 15.7. The molecule has 0 unspecified atom stereocenters. The number of hydrogen-bond acceptors (Lipinski definition) is 6. The average molecular weight is 885 g/mol. The van der Waals surface area contributed by atoms with E-state index in [1.807, 2.05) is 55.5 Å². The molecule has 278 valence electrons.